The largest absolute Gasteiger partial charge is 0.274 e. The molecular weight excluding hydrogens is 376 g/mol. The Bertz CT molecular complexity index is 815. The molecule has 122 valence electrons. The van der Waals surface area contributed by atoms with Crippen LogP contribution in [-0.4, -0.2) is 16.7 Å². The number of nitro benzene ring substituents is 1. The smallest absolute Gasteiger partial charge is 0.270 e. The van der Waals surface area contributed by atoms with Crippen LogP contribution in [-0.2, 0) is 9.59 Å². The molecule has 1 heterocycles. The molecule has 5 aliphatic rings. The number of rotatable bonds is 2. The molecule has 0 radical (unpaired) electrons. The first-order chi connectivity index (χ1) is 11.5. The van der Waals surface area contributed by atoms with E-state index in [-0.39, 0.29) is 41.2 Å². The van der Waals surface area contributed by atoms with E-state index in [0.717, 1.165) is 6.42 Å². The maximum Gasteiger partial charge on any atom is 0.270 e. The van der Waals surface area contributed by atoms with E-state index in [4.69, 9.17) is 0 Å². The number of carbonyl (C=O) groups is 2. The Morgan fingerprint density at radius 2 is 1.67 bits per heavy atom. The minimum atomic E-state index is -0.500. The van der Waals surface area contributed by atoms with E-state index in [2.05, 4.69) is 28.1 Å². The van der Waals surface area contributed by atoms with Crippen LogP contribution in [0, 0.1) is 45.6 Å². The van der Waals surface area contributed by atoms with Crippen LogP contribution >= 0.6 is 15.9 Å². The van der Waals surface area contributed by atoms with E-state index >= 15 is 0 Å². The number of non-ortho nitro benzene ring substituents is 1. The van der Waals surface area contributed by atoms with Crippen molar-refractivity contribution in [1.29, 1.82) is 0 Å². The number of halogens is 1. The molecule has 0 aromatic heterocycles. The maximum atomic E-state index is 13.0. The van der Waals surface area contributed by atoms with Gasteiger partial charge in [0.25, 0.3) is 5.69 Å². The summed E-state index contributed by atoms with van der Waals surface area (Å²) in [6.07, 6.45) is 5.37. The van der Waals surface area contributed by atoms with E-state index in [1.807, 2.05) is 0 Å². The van der Waals surface area contributed by atoms with Crippen molar-refractivity contribution < 1.29 is 14.5 Å². The second-order valence-electron chi connectivity index (χ2n) is 7.06. The lowest BCUT2D eigenvalue weighted by molar-refractivity contribution is -0.384. The SMILES string of the molecule is O=C1[C@@H]2[C@@H]3C=C[C@H]([C@H]4C[C@H]34)[C@@H]2C(=O)N1c1ccc([N+](=O)[O-])cc1Br. The van der Waals surface area contributed by atoms with Gasteiger partial charge in [-0.2, -0.15) is 0 Å². The van der Waals surface area contributed by atoms with Crippen LogP contribution in [0.15, 0.2) is 34.8 Å². The predicted octanol–water partition coefficient (Wildman–Crippen LogP) is 2.91. The summed E-state index contributed by atoms with van der Waals surface area (Å²) < 4.78 is 0.391. The number of nitrogens with zero attached hydrogens (tertiary/aromatic N) is 2. The lowest BCUT2D eigenvalue weighted by Crippen LogP contribution is -2.40. The van der Waals surface area contributed by atoms with Crippen molar-refractivity contribution >= 4 is 39.1 Å². The highest BCUT2D eigenvalue weighted by Crippen LogP contribution is 2.65. The van der Waals surface area contributed by atoms with Gasteiger partial charge in [-0.25, -0.2) is 4.90 Å². The Morgan fingerprint density at radius 3 is 2.17 bits per heavy atom. The van der Waals surface area contributed by atoms with Crippen LogP contribution in [0.5, 0.6) is 0 Å². The molecule has 0 spiro atoms. The van der Waals surface area contributed by atoms with E-state index in [1.165, 1.54) is 23.1 Å². The minimum Gasteiger partial charge on any atom is -0.274 e. The zero-order valence-corrected chi connectivity index (χ0v) is 14.0. The molecule has 2 saturated carbocycles. The van der Waals surface area contributed by atoms with Gasteiger partial charge in [0.05, 0.1) is 22.4 Å². The third kappa shape index (κ3) is 1.65. The Labute approximate surface area is 145 Å². The zero-order chi connectivity index (χ0) is 16.7. The second-order valence-corrected chi connectivity index (χ2v) is 7.91. The van der Waals surface area contributed by atoms with Gasteiger partial charge >= 0.3 is 0 Å². The van der Waals surface area contributed by atoms with Gasteiger partial charge in [-0.1, -0.05) is 12.2 Å². The molecule has 1 aromatic carbocycles. The van der Waals surface area contributed by atoms with Gasteiger partial charge < -0.3 is 0 Å². The molecule has 2 amide bonds. The quantitative estimate of drug-likeness (QED) is 0.337. The second kappa shape index (κ2) is 4.53. The predicted molar refractivity (Wildman–Crippen MR) is 88.0 cm³/mol. The van der Waals surface area contributed by atoms with E-state index in [9.17, 15) is 19.7 Å². The van der Waals surface area contributed by atoms with Crippen LogP contribution in [0.1, 0.15) is 6.42 Å². The Morgan fingerprint density at radius 1 is 1.08 bits per heavy atom. The zero-order valence-electron chi connectivity index (χ0n) is 12.5. The summed E-state index contributed by atoms with van der Waals surface area (Å²) in [4.78, 5) is 37.6. The average molecular weight is 389 g/mol. The molecule has 6 rings (SSSR count). The lowest BCUT2D eigenvalue weighted by atomic mass is 9.63. The van der Waals surface area contributed by atoms with Crippen molar-refractivity contribution in [3.05, 3.63) is 44.9 Å². The fraction of sp³-hybridized carbons (Fsp3) is 0.412. The first-order valence-electron chi connectivity index (χ1n) is 7.99. The summed E-state index contributed by atoms with van der Waals surface area (Å²) in [5.41, 5.74) is 0.322. The van der Waals surface area contributed by atoms with Crippen molar-refractivity contribution in [2.75, 3.05) is 4.90 Å². The van der Waals surface area contributed by atoms with Gasteiger partial charge in [-0.3, -0.25) is 19.7 Å². The number of carbonyl (C=O) groups excluding carboxylic acids is 2. The van der Waals surface area contributed by atoms with Crippen molar-refractivity contribution in [2.45, 2.75) is 6.42 Å². The van der Waals surface area contributed by atoms with Crippen molar-refractivity contribution in [1.82, 2.24) is 0 Å². The monoisotopic (exact) mass is 388 g/mol. The maximum absolute atomic E-state index is 13.0. The summed E-state index contributed by atoms with van der Waals surface area (Å²) in [5.74, 6) is 0.591. The highest BCUT2D eigenvalue weighted by Gasteiger charge is 2.67. The van der Waals surface area contributed by atoms with E-state index in [1.54, 1.807) is 0 Å². The van der Waals surface area contributed by atoms with Gasteiger partial charge in [0, 0.05) is 16.6 Å². The molecule has 1 saturated heterocycles. The summed E-state index contributed by atoms with van der Waals surface area (Å²) in [6, 6.07) is 4.14. The normalized spacial score (nSPS) is 38.3. The molecule has 6 atom stereocenters. The lowest BCUT2D eigenvalue weighted by Gasteiger charge is -2.37. The summed E-state index contributed by atoms with van der Waals surface area (Å²) in [6.45, 7) is 0. The molecular formula is C17H13BrN2O4. The number of anilines is 1. The highest BCUT2D eigenvalue weighted by atomic mass is 79.9. The van der Waals surface area contributed by atoms with Gasteiger partial charge in [0.2, 0.25) is 11.8 Å². The number of hydrogen-bond donors (Lipinski definition) is 0. The summed E-state index contributed by atoms with van der Waals surface area (Å²) in [5, 5.41) is 10.9. The number of hydrogen-bond acceptors (Lipinski definition) is 4. The van der Waals surface area contributed by atoms with Crippen molar-refractivity contribution in [2.24, 2.45) is 35.5 Å². The molecule has 4 aliphatic carbocycles. The molecule has 1 aromatic rings. The molecule has 24 heavy (non-hydrogen) atoms. The number of nitro groups is 1. The molecule has 3 fully saturated rings. The number of allylic oxidation sites excluding steroid dienone is 2. The minimum absolute atomic E-state index is 0.0786. The van der Waals surface area contributed by atoms with Crippen LogP contribution in [0.4, 0.5) is 11.4 Å². The molecule has 7 heteroatoms. The Kier molecular flexibility index (Phi) is 2.71. The van der Waals surface area contributed by atoms with Gasteiger partial charge in [0.15, 0.2) is 0 Å². The first kappa shape index (κ1) is 14.3. The van der Waals surface area contributed by atoms with Crippen LogP contribution < -0.4 is 4.90 Å². The molecule has 2 bridgehead atoms. The summed E-state index contributed by atoms with van der Waals surface area (Å²) >= 11 is 3.28. The third-order valence-electron chi connectivity index (χ3n) is 6.05. The Hall–Kier alpha value is -2.02. The molecule has 6 nitrogen and oxygen atoms in total. The molecule has 1 aliphatic heterocycles. The van der Waals surface area contributed by atoms with E-state index in [0.29, 0.717) is 22.0 Å². The van der Waals surface area contributed by atoms with Gasteiger partial charge in [0.1, 0.15) is 0 Å². The topological polar surface area (TPSA) is 80.5 Å². The molecule has 0 N–H and O–H groups in total. The fourth-order valence-corrected chi connectivity index (χ4v) is 5.53. The summed E-state index contributed by atoms with van der Waals surface area (Å²) in [7, 11) is 0. The standard InChI is InChI=1S/C17H13BrN2O4/c18-12-5-7(20(23)24)1-4-13(12)19-16(21)14-8-2-3-9(11-6-10(8)11)15(14)17(19)22/h1-5,8-11,14-15H,6H2/t8-,9-,10-,11-,14-,15+/m1/s1. The third-order valence-corrected chi connectivity index (χ3v) is 6.68. The molecule has 0 unspecified atom stereocenters. The number of benzene rings is 1. The van der Waals surface area contributed by atoms with Gasteiger partial charge in [-0.15, -0.1) is 0 Å². The van der Waals surface area contributed by atoms with Crippen molar-refractivity contribution in [3.8, 4) is 0 Å². The van der Waals surface area contributed by atoms with Crippen LogP contribution in [0.3, 0.4) is 0 Å². The average Bonchev–Trinajstić information content (AvgIpc) is 3.33. The van der Waals surface area contributed by atoms with E-state index < -0.39 is 4.92 Å². The van der Waals surface area contributed by atoms with Crippen molar-refractivity contribution in [3.63, 3.8) is 0 Å². The van der Waals surface area contributed by atoms with Gasteiger partial charge in [-0.05, 0) is 52.1 Å². The number of amides is 2. The number of imide groups is 1. The highest BCUT2D eigenvalue weighted by molar-refractivity contribution is 9.10. The van der Waals surface area contributed by atoms with Crippen LogP contribution in [0.2, 0.25) is 0 Å². The fourth-order valence-electron chi connectivity index (χ4n) is 4.99. The van der Waals surface area contributed by atoms with Crippen LogP contribution in [0.25, 0.3) is 0 Å². The first-order valence-corrected chi connectivity index (χ1v) is 8.78. The Balaban J connectivity index is 1.56.